The average Bonchev–Trinajstić information content (AvgIpc) is 2.63. The van der Waals surface area contributed by atoms with Crippen LogP contribution in [0.1, 0.15) is 49.9 Å². The van der Waals surface area contributed by atoms with Gasteiger partial charge in [0.05, 0.1) is 11.8 Å². The quantitative estimate of drug-likeness (QED) is 0.706. The van der Waals surface area contributed by atoms with Gasteiger partial charge in [0.2, 0.25) is 0 Å². The summed E-state index contributed by atoms with van der Waals surface area (Å²) in [4.78, 5) is 26.5. The monoisotopic (exact) mass is 322 g/mol. The number of hydrogen-bond donors (Lipinski definition) is 0. The van der Waals surface area contributed by atoms with E-state index in [0.29, 0.717) is 0 Å². The van der Waals surface area contributed by atoms with E-state index in [9.17, 15) is 9.59 Å². The van der Waals surface area contributed by atoms with Gasteiger partial charge >= 0.3 is 0 Å². The Morgan fingerprint density at radius 3 is 2.28 bits per heavy atom. The molecule has 0 bridgehead atoms. The van der Waals surface area contributed by atoms with Crippen LogP contribution in [-0.2, 0) is 0 Å². The Morgan fingerprint density at radius 1 is 0.800 bits per heavy atom. The van der Waals surface area contributed by atoms with Crippen molar-refractivity contribution >= 4 is 34.9 Å². The van der Waals surface area contributed by atoms with Crippen molar-refractivity contribution < 1.29 is 9.59 Å². The zero-order chi connectivity index (χ0) is 16.9. The molecule has 2 atom stereocenters. The highest BCUT2D eigenvalue weighted by molar-refractivity contribution is 6.29. The number of carbonyl (C=O) groups excluding carboxylic acids is 2. The van der Waals surface area contributed by atoms with Crippen molar-refractivity contribution in [2.75, 3.05) is 0 Å². The second kappa shape index (κ2) is 4.15. The maximum absolute atomic E-state index is 13.3. The maximum Gasteiger partial charge on any atom is 0.175 e. The Labute approximate surface area is 145 Å². The van der Waals surface area contributed by atoms with Crippen molar-refractivity contribution in [2.45, 2.75) is 6.92 Å². The predicted octanol–water partition coefficient (Wildman–Crippen LogP) is 4.67. The van der Waals surface area contributed by atoms with Crippen LogP contribution in [0, 0.1) is 11.8 Å². The lowest BCUT2D eigenvalue weighted by Crippen LogP contribution is -2.35. The molecule has 4 aliphatic carbocycles. The van der Waals surface area contributed by atoms with E-state index in [2.05, 4.69) is 6.08 Å². The van der Waals surface area contributed by atoms with Gasteiger partial charge in [0.15, 0.2) is 11.6 Å². The maximum atomic E-state index is 13.3. The molecule has 2 nitrogen and oxygen atoms in total. The number of carbonyl (C=O) groups is 2. The molecule has 6 rings (SSSR count). The number of rotatable bonds is 0. The van der Waals surface area contributed by atoms with Gasteiger partial charge in [0, 0.05) is 11.1 Å². The smallest absolute Gasteiger partial charge is 0.175 e. The zero-order valence-corrected chi connectivity index (χ0v) is 13.7. The second-order valence-electron chi connectivity index (χ2n) is 7.25. The van der Waals surface area contributed by atoms with E-state index < -0.39 is 0 Å². The van der Waals surface area contributed by atoms with Gasteiger partial charge in [-0.1, -0.05) is 60.2 Å². The zero-order valence-electron chi connectivity index (χ0n) is 13.7. The molecule has 2 aromatic rings. The lowest BCUT2D eigenvalue weighted by Gasteiger charge is -2.41. The van der Waals surface area contributed by atoms with Crippen molar-refractivity contribution in [1.82, 2.24) is 0 Å². The van der Waals surface area contributed by atoms with Crippen LogP contribution >= 0.6 is 0 Å². The molecular weight excluding hydrogens is 308 g/mol. The Kier molecular flexibility index (Phi) is 2.21. The molecule has 4 aliphatic rings. The molecule has 0 radical (unpaired) electrons. The molecule has 0 saturated carbocycles. The summed E-state index contributed by atoms with van der Waals surface area (Å²) in [6.45, 7) is 2.03. The standard InChI is InChI=1S/C23H14O2/c1-11-10-13-5-3-6-14-19(13)21-17(11)23(25)15-7-2-4-12-8-9-16(22(14)24)20(21)18(12)15/h2-10,16-17H,1H3. The normalized spacial score (nSPS) is 24.3. The fraction of sp³-hybridized carbons (Fsp3) is 0.130. The van der Waals surface area contributed by atoms with E-state index >= 15 is 0 Å². The van der Waals surface area contributed by atoms with E-state index in [-0.39, 0.29) is 23.4 Å². The highest BCUT2D eigenvalue weighted by Crippen LogP contribution is 2.55. The Balaban J connectivity index is 1.87. The molecule has 0 fully saturated rings. The van der Waals surface area contributed by atoms with E-state index in [1.54, 1.807) is 0 Å². The number of allylic oxidation sites excluding steroid dienone is 4. The van der Waals surface area contributed by atoms with E-state index in [1.807, 2.05) is 55.5 Å². The van der Waals surface area contributed by atoms with Gasteiger partial charge in [-0.15, -0.1) is 0 Å². The lowest BCUT2D eigenvalue weighted by molar-refractivity contribution is 0.0943. The average molecular weight is 322 g/mol. The second-order valence-corrected chi connectivity index (χ2v) is 7.25. The molecule has 0 amide bonds. The van der Waals surface area contributed by atoms with Gasteiger partial charge < -0.3 is 0 Å². The van der Waals surface area contributed by atoms with Crippen LogP contribution < -0.4 is 0 Å². The first kappa shape index (κ1) is 13.3. The summed E-state index contributed by atoms with van der Waals surface area (Å²) >= 11 is 0. The van der Waals surface area contributed by atoms with Crippen LogP contribution in [0.4, 0.5) is 0 Å². The molecule has 0 saturated heterocycles. The summed E-state index contributed by atoms with van der Waals surface area (Å²) in [5.41, 5.74) is 8.80. The van der Waals surface area contributed by atoms with Gasteiger partial charge in [-0.2, -0.15) is 0 Å². The molecule has 2 unspecified atom stereocenters. The molecule has 2 heteroatoms. The summed E-state index contributed by atoms with van der Waals surface area (Å²) < 4.78 is 0. The van der Waals surface area contributed by atoms with Crippen molar-refractivity contribution in [2.24, 2.45) is 11.8 Å². The van der Waals surface area contributed by atoms with Crippen molar-refractivity contribution in [3.8, 4) is 0 Å². The fourth-order valence-corrected chi connectivity index (χ4v) is 5.04. The third-order valence-corrected chi connectivity index (χ3v) is 6.00. The molecule has 25 heavy (non-hydrogen) atoms. The van der Waals surface area contributed by atoms with E-state index in [1.165, 1.54) is 0 Å². The minimum Gasteiger partial charge on any atom is -0.293 e. The predicted molar refractivity (Wildman–Crippen MR) is 98.0 cm³/mol. The number of ketones is 2. The summed E-state index contributed by atoms with van der Waals surface area (Å²) in [7, 11) is 0. The summed E-state index contributed by atoms with van der Waals surface area (Å²) in [6.07, 6.45) is 6.08. The molecule has 2 aromatic carbocycles. The third-order valence-electron chi connectivity index (χ3n) is 6.00. The van der Waals surface area contributed by atoms with Gasteiger partial charge in [0.25, 0.3) is 0 Å². The molecular formula is C23H14O2. The minimum atomic E-state index is -0.270. The molecule has 0 heterocycles. The first-order valence-corrected chi connectivity index (χ1v) is 8.62. The van der Waals surface area contributed by atoms with E-state index in [0.717, 1.165) is 50.1 Å². The van der Waals surface area contributed by atoms with Gasteiger partial charge in [0.1, 0.15) is 0 Å². The van der Waals surface area contributed by atoms with Crippen LogP contribution in [0.2, 0.25) is 0 Å². The molecule has 0 spiro atoms. The molecule has 0 aliphatic heterocycles. The Bertz CT molecular complexity index is 1140. The van der Waals surface area contributed by atoms with Crippen LogP contribution in [0.5, 0.6) is 0 Å². The number of benzene rings is 2. The summed E-state index contributed by atoms with van der Waals surface area (Å²) in [5.74, 6) is -0.219. The fourth-order valence-electron chi connectivity index (χ4n) is 5.04. The topological polar surface area (TPSA) is 34.1 Å². The Hall–Kier alpha value is -3.00. The van der Waals surface area contributed by atoms with Crippen LogP contribution in [-0.4, -0.2) is 11.6 Å². The van der Waals surface area contributed by atoms with Gasteiger partial charge in [-0.05, 0) is 40.3 Å². The first-order valence-electron chi connectivity index (χ1n) is 8.62. The Morgan fingerprint density at radius 2 is 1.48 bits per heavy atom. The van der Waals surface area contributed by atoms with E-state index in [4.69, 9.17) is 0 Å². The molecule has 0 N–H and O–H groups in total. The highest BCUT2D eigenvalue weighted by Gasteiger charge is 2.47. The SMILES string of the molecule is CC1=Cc2cccc3c2C2=C4c5c(cccc5C(=O)C12)C=CC4C3=O. The van der Waals surface area contributed by atoms with Gasteiger partial charge in [-0.25, -0.2) is 0 Å². The van der Waals surface area contributed by atoms with Crippen molar-refractivity contribution in [3.63, 3.8) is 0 Å². The molecule has 118 valence electrons. The lowest BCUT2D eigenvalue weighted by atomic mass is 9.60. The third kappa shape index (κ3) is 1.38. The first-order chi connectivity index (χ1) is 12.2. The highest BCUT2D eigenvalue weighted by atomic mass is 16.1. The van der Waals surface area contributed by atoms with Crippen LogP contribution in [0.3, 0.4) is 0 Å². The minimum absolute atomic E-state index is 0.147. The van der Waals surface area contributed by atoms with Crippen molar-refractivity contribution in [1.29, 1.82) is 0 Å². The largest absolute Gasteiger partial charge is 0.293 e. The van der Waals surface area contributed by atoms with Gasteiger partial charge in [-0.3, -0.25) is 9.59 Å². The molecule has 0 aromatic heterocycles. The van der Waals surface area contributed by atoms with Crippen LogP contribution in [0.25, 0.3) is 23.3 Å². The number of Topliss-reactive ketones (excluding diaryl/α,β-unsaturated/α-hetero) is 2. The van der Waals surface area contributed by atoms with Crippen LogP contribution in [0.15, 0.2) is 48.0 Å². The summed E-state index contributed by atoms with van der Waals surface area (Å²) in [6, 6.07) is 11.8. The number of hydrogen-bond acceptors (Lipinski definition) is 2. The van der Waals surface area contributed by atoms with Crippen molar-refractivity contribution in [3.05, 3.63) is 81.4 Å². The summed E-state index contributed by atoms with van der Waals surface area (Å²) in [5, 5.41) is 0.